The van der Waals surface area contributed by atoms with Crippen molar-refractivity contribution in [1.29, 1.82) is 0 Å². The first-order valence-electron chi connectivity index (χ1n) is 7.46. The van der Waals surface area contributed by atoms with Crippen molar-refractivity contribution >= 4 is 27.7 Å². The predicted molar refractivity (Wildman–Crippen MR) is 95.7 cm³/mol. The van der Waals surface area contributed by atoms with E-state index in [1.54, 1.807) is 30.2 Å². The molecule has 2 rings (SSSR count). The van der Waals surface area contributed by atoms with Gasteiger partial charge in [0.2, 0.25) is 5.91 Å². The second-order valence-corrected chi connectivity index (χ2v) is 6.13. The Morgan fingerprint density at radius 3 is 2.50 bits per heavy atom. The molecule has 6 heteroatoms. The van der Waals surface area contributed by atoms with Crippen molar-refractivity contribution in [1.82, 2.24) is 4.90 Å². The van der Waals surface area contributed by atoms with Gasteiger partial charge in [0.05, 0.1) is 12.7 Å². The quantitative estimate of drug-likeness (QED) is 0.789. The molecule has 0 heterocycles. The summed E-state index contributed by atoms with van der Waals surface area (Å²) in [6.45, 7) is 0.656. The van der Waals surface area contributed by atoms with Gasteiger partial charge in [0, 0.05) is 24.0 Å². The third kappa shape index (κ3) is 4.83. The number of ether oxygens (including phenoxy) is 1. The number of halogens is 1. The minimum atomic E-state index is -0.439. The lowest BCUT2D eigenvalue weighted by atomic mass is 10.1. The second-order valence-electron chi connectivity index (χ2n) is 5.27. The number of amides is 2. The van der Waals surface area contributed by atoms with Crippen LogP contribution in [-0.4, -0.2) is 30.4 Å². The van der Waals surface area contributed by atoms with Crippen LogP contribution in [-0.2, 0) is 11.3 Å². The van der Waals surface area contributed by atoms with Gasteiger partial charge in [0.1, 0.15) is 5.75 Å². The summed E-state index contributed by atoms with van der Waals surface area (Å²) in [5, 5.41) is 0. The zero-order valence-corrected chi connectivity index (χ0v) is 15.0. The van der Waals surface area contributed by atoms with E-state index in [1.807, 2.05) is 30.3 Å². The van der Waals surface area contributed by atoms with Crippen LogP contribution in [0, 0.1) is 0 Å². The third-order valence-electron chi connectivity index (χ3n) is 3.54. The topological polar surface area (TPSA) is 72.6 Å². The maximum atomic E-state index is 12.9. The van der Waals surface area contributed by atoms with Gasteiger partial charge in [-0.25, -0.2) is 0 Å². The Bertz CT molecular complexity index is 719. The molecule has 0 spiro atoms. The van der Waals surface area contributed by atoms with Gasteiger partial charge in [-0.3, -0.25) is 9.59 Å². The summed E-state index contributed by atoms with van der Waals surface area (Å²) >= 11 is 3.40. The van der Waals surface area contributed by atoms with Crippen molar-refractivity contribution in [2.45, 2.75) is 13.0 Å². The molecule has 0 aromatic heterocycles. The highest BCUT2D eigenvalue weighted by atomic mass is 79.9. The van der Waals surface area contributed by atoms with Crippen LogP contribution in [0.2, 0.25) is 0 Å². The van der Waals surface area contributed by atoms with Crippen LogP contribution in [0.1, 0.15) is 22.3 Å². The van der Waals surface area contributed by atoms with Gasteiger partial charge in [-0.05, 0) is 39.7 Å². The number of benzene rings is 2. The third-order valence-corrected chi connectivity index (χ3v) is 4.23. The largest absolute Gasteiger partial charge is 0.497 e. The Morgan fingerprint density at radius 2 is 1.88 bits per heavy atom. The van der Waals surface area contributed by atoms with Crippen molar-refractivity contribution in [2.75, 3.05) is 13.7 Å². The molecule has 2 aromatic rings. The maximum Gasteiger partial charge on any atom is 0.255 e. The van der Waals surface area contributed by atoms with Crippen LogP contribution < -0.4 is 10.5 Å². The Morgan fingerprint density at radius 1 is 1.17 bits per heavy atom. The lowest BCUT2D eigenvalue weighted by molar-refractivity contribution is -0.118. The van der Waals surface area contributed by atoms with Crippen molar-refractivity contribution < 1.29 is 14.3 Å². The molecule has 0 aliphatic carbocycles. The Labute approximate surface area is 149 Å². The van der Waals surface area contributed by atoms with Gasteiger partial charge in [-0.15, -0.1) is 0 Å². The molecule has 0 aliphatic rings. The minimum absolute atomic E-state index is 0.111. The maximum absolute atomic E-state index is 12.9. The average Bonchev–Trinajstić information content (AvgIpc) is 2.59. The van der Waals surface area contributed by atoms with Crippen molar-refractivity contribution in [2.24, 2.45) is 5.73 Å². The lowest BCUT2D eigenvalue weighted by Crippen LogP contribution is -2.33. The highest BCUT2D eigenvalue weighted by Gasteiger charge is 2.20. The van der Waals surface area contributed by atoms with E-state index < -0.39 is 5.91 Å². The highest BCUT2D eigenvalue weighted by Crippen LogP contribution is 2.24. The van der Waals surface area contributed by atoms with Crippen molar-refractivity contribution in [3.05, 3.63) is 64.1 Å². The van der Waals surface area contributed by atoms with Gasteiger partial charge in [0.25, 0.3) is 5.91 Å². The second kappa shape index (κ2) is 8.49. The van der Waals surface area contributed by atoms with E-state index in [9.17, 15) is 9.59 Å². The molecule has 5 nitrogen and oxygen atoms in total. The Kier molecular flexibility index (Phi) is 6.37. The molecule has 0 aliphatic heterocycles. The molecule has 0 saturated carbocycles. The molecule has 2 N–H and O–H groups in total. The fourth-order valence-electron chi connectivity index (χ4n) is 2.27. The molecular formula is C18H19BrN2O3. The number of carbonyl (C=O) groups is 2. The van der Waals surface area contributed by atoms with Crippen LogP contribution in [0.25, 0.3) is 0 Å². The molecule has 0 unspecified atom stereocenters. The van der Waals surface area contributed by atoms with E-state index in [1.165, 1.54) is 0 Å². The summed E-state index contributed by atoms with van der Waals surface area (Å²) < 4.78 is 5.86. The molecule has 0 radical (unpaired) electrons. The summed E-state index contributed by atoms with van der Waals surface area (Å²) in [5.41, 5.74) is 6.70. The van der Waals surface area contributed by atoms with Gasteiger partial charge in [-0.2, -0.15) is 0 Å². The van der Waals surface area contributed by atoms with E-state index in [0.717, 1.165) is 5.56 Å². The summed E-state index contributed by atoms with van der Waals surface area (Å²) in [7, 11) is 1.55. The van der Waals surface area contributed by atoms with Gasteiger partial charge in [-0.1, -0.05) is 30.3 Å². The number of primary amides is 1. The fourth-order valence-corrected chi connectivity index (χ4v) is 2.68. The number of hydrogen-bond acceptors (Lipinski definition) is 3. The highest BCUT2D eigenvalue weighted by molar-refractivity contribution is 9.10. The van der Waals surface area contributed by atoms with E-state index in [0.29, 0.717) is 22.3 Å². The Balaban J connectivity index is 2.28. The fraction of sp³-hybridized carbons (Fsp3) is 0.222. The molecule has 0 bridgehead atoms. The van der Waals surface area contributed by atoms with Crippen LogP contribution in [0.5, 0.6) is 5.75 Å². The van der Waals surface area contributed by atoms with Crippen LogP contribution in [0.15, 0.2) is 53.0 Å². The zero-order valence-electron chi connectivity index (χ0n) is 13.4. The molecule has 2 aromatic carbocycles. The molecule has 2 amide bonds. The molecule has 0 fully saturated rings. The molecule has 24 heavy (non-hydrogen) atoms. The number of hydrogen-bond donors (Lipinski definition) is 1. The van der Waals surface area contributed by atoms with E-state index in [-0.39, 0.29) is 18.9 Å². The molecule has 0 atom stereocenters. The normalized spacial score (nSPS) is 10.2. The number of rotatable bonds is 7. The monoisotopic (exact) mass is 390 g/mol. The number of nitrogens with two attached hydrogens (primary N) is 1. The van der Waals surface area contributed by atoms with E-state index in [4.69, 9.17) is 10.5 Å². The SMILES string of the molecule is COc1ccc(Br)c(C(=O)N(CCC(N)=O)Cc2ccccc2)c1. The Hall–Kier alpha value is -2.34. The van der Waals surface area contributed by atoms with Crippen molar-refractivity contribution in [3.8, 4) is 5.75 Å². The average molecular weight is 391 g/mol. The summed E-state index contributed by atoms with van der Waals surface area (Å²) in [5.74, 6) is -0.0347. The first kappa shape index (κ1) is 18.0. The van der Waals surface area contributed by atoms with E-state index in [2.05, 4.69) is 15.9 Å². The summed E-state index contributed by atoms with van der Waals surface area (Å²) in [4.78, 5) is 25.7. The van der Waals surface area contributed by atoms with Gasteiger partial charge < -0.3 is 15.4 Å². The first-order chi connectivity index (χ1) is 11.5. The predicted octanol–water partition coefficient (Wildman–Crippen LogP) is 2.98. The summed E-state index contributed by atoms with van der Waals surface area (Å²) in [6, 6.07) is 14.8. The summed E-state index contributed by atoms with van der Waals surface area (Å²) in [6.07, 6.45) is 0.111. The molecule has 126 valence electrons. The van der Waals surface area contributed by atoms with Crippen molar-refractivity contribution in [3.63, 3.8) is 0 Å². The number of nitrogens with zero attached hydrogens (tertiary/aromatic N) is 1. The smallest absolute Gasteiger partial charge is 0.255 e. The van der Waals surface area contributed by atoms with Crippen LogP contribution in [0.4, 0.5) is 0 Å². The lowest BCUT2D eigenvalue weighted by Gasteiger charge is -2.23. The van der Waals surface area contributed by atoms with Gasteiger partial charge >= 0.3 is 0 Å². The standard InChI is InChI=1S/C18H19BrN2O3/c1-24-14-7-8-16(19)15(11-14)18(23)21(10-9-17(20)22)12-13-5-3-2-4-6-13/h2-8,11H,9-10,12H2,1H3,(H2,20,22). The van der Waals surface area contributed by atoms with E-state index >= 15 is 0 Å². The van der Waals surface area contributed by atoms with Crippen LogP contribution in [0.3, 0.4) is 0 Å². The zero-order chi connectivity index (χ0) is 17.5. The first-order valence-corrected chi connectivity index (χ1v) is 8.25. The minimum Gasteiger partial charge on any atom is -0.497 e. The molecule has 0 saturated heterocycles. The number of methoxy groups -OCH3 is 1. The number of carbonyl (C=O) groups excluding carboxylic acids is 2. The van der Waals surface area contributed by atoms with Gasteiger partial charge in [0.15, 0.2) is 0 Å². The molecular weight excluding hydrogens is 372 g/mol. The van der Waals surface area contributed by atoms with Crippen LogP contribution >= 0.6 is 15.9 Å².